The van der Waals surface area contributed by atoms with Crippen molar-refractivity contribution in [1.82, 2.24) is 0 Å². The van der Waals surface area contributed by atoms with Crippen molar-refractivity contribution in [3.8, 4) is 6.07 Å². The normalized spacial score (nSPS) is 10.3. The number of rotatable bonds is 3. The van der Waals surface area contributed by atoms with Gasteiger partial charge in [-0.3, -0.25) is 9.59 Å². The average Bonchev–Trinajstić information content (AvgIpc) is 2.38. The number of benzene rings is 1. The van der Waals surface area contributed by atoms with Gasteiger partial charge in [0.25, 0.3) is 0 Å². The fourth-order valence-corrected chi connectivity index (χ4v) is 1.26. The van der Waals surface area contributed by atoms with Gasteiger partial charge in [-0.1, -0.05) is 0 Å². The predicted molar refractivity (Wildman–Crippen MR) is 65.6 cm³/mol. The molecule has 0 aromatic heterocycles. The van der Waals surface area contributed by atoms with Crippen LogP contribution in [0.4, 0.5) is 5.69 Å². The van der Waals surface area contributed by atoms with Gasteiger partial charge >= 0.3 is 5.97 Å². The van der Waals surface area contributed by atoms with Crippen molar-refractivity contribution in [2.75, 3.05) is 12.4 Å². The summed E-state index contributed by atoms with van der Waals surface area (Å²) in [5.74, 6) is -1.06. The number of ether oxygens (including phenoxy) is 1. The van der Waals surface area contributed by atoms with Crippen LogP contribution in [0, 0.1) is 16.7 Å². The Morgan fingerprint density at radius 3 is 2.28 bits per heavy atom. The Labute approximate surface area is 105 Å². The van der Waals surface area contributed by atoms with Crippen LogP contribution >= 0.6 is 0 Å². The summed E-state index contributed by atoms with van der Waals surface area (Å²) in [6, 6.07) is 8.35. The van der Waals surface area contributed by atoms with Crippen molar-refractivity contribution in [1.29, 1.82) is 5.26 Å². The molecule has 0 fully saturated rings. The number of methoxy groups -OCH3 is 1. The predicted octanol–water partition coefficient (Wildman–Crippen LogP) is 1.70. The van der Waals surface area contributed by atoms with Gasteiger partial charge in [-0.15, -0.1) is 0 Å². The topological polar surface area (TPSA) is 79.2 Å². The van der Waals surface area contributed by atoms with Crippen LogP contribution in [0.15, 0.2) is 24.3 Å². The first-order chi connectivity index (χ1) is 8.41. The first-order valence-corrected chi connectivity index (χ1v) is 5.32. The van der Waals surface area contributed by atoms with E-state index in [0.29, 0.717) is 11.3 Å². The molecule has 0 aliphatic heterocycles. The zero-order chi connectivity index (χ0) is 13.8. The van der Waals surface area contributed by atoms with Gasteiger partial charge in [0, 0.05) is 5.69 Å². The second-order valence-corrected chi connectivity index (χ2v) is 4.26. The lowest BCUT2D eigenvalue weighted by Crippen LogP contribution is -2.38. The van der Waals surface area contributed by atoms with Gasteiger partial charge in [0.15, 0.2) is 0 Å². The number of nitriles is 1. The van der Waals surface area contributed by atoms with Crippen LogP contribution in [0.3, 0.4) is 0 Å². The molecule has 5 heteroatoms. The number of hydrogen-bond donors (Lipinski definition) is 1. The maximum Gasteiger partial charge on any atom is 0.320 e. The lowest BCUT2D eigenvalue weighted by Gasteiger charge is -2.20. The van der Waals surface area contributed by atoms with Gasteiger partial charge in [0.1, 0.15) is 5.41 Å². The van der Waals surface area contributed by atoms with E-state index in [0.717, 1.165) is 0 Å². The fourth-order valence-electron chi connectivity index (χ4n) is 1.26. The highest BCUT2D eigenvalue weighted by atomic mass is 16.5. The number of hydrogen-bond acceptors (Lipinski definition) is 4. The molecule has 1 N–H and O–H groups in total. The molecule has 0 heterocycles. The third-order valence-corrected chi connectivity index (χ3v) is 2.54. The molecule has 0 spiro atoms. The summed E-state index contributed by atoms with van der Waals surface area (Å²) < 4.78 is 4.57. The van der Waals surface area contributed by atoms with Crippen LogP contribution in [-0.2, 0) is 14.3 Å². The summed E-state index contributed by atoms with van der Waals surface area (Å²) >= 11 is 0. The minimum atomic E-state index is -1.26. The van der Waals surface area contributed by atoms with E-state index in [-0.39, 0.29) is 0 Å². The lowest BCUT2D eigenvalue weighted by atomic mass is 9.92. The second-order valence-electron chi connectivity index (χ2n) is 4.26. The highest BCUT2D eigenvalue weighted by molar-refractivity contribution is 6.08. The average molecular weight is 246 g/mol. The Bertz CT molecular complexity index is 498. The number of carbonyl (C=O) groups is 2. The maximum atomic E-state index is 11.9. The zero-order valence-corrected chi connectivity index (χ0v) is 10.5. The molecule has 5 nitrogen and oxygen atoms in total. The minimum Gasteiger partial charge on any atom is -0.468 e. The van der Waals surface area contributed by atoms with Gasteiger partial charge in [-0.2, -0.15) is 5.26 Å². The number of amides is 1. The highest BCUT2D eigenvalue weighted by Crippen LogP contribution is 2.20. The summed E-state index contributed by atoms with van der Waals surface area (Å²) in [4.78, 5) is 23.4. The Morgan fingerprint density at radius 1 is 1.28 bits per heavy atom. The molecule has 0 bridgehead atoms. The molecule has 1 rings (SSSR count). The van der Waals surface area contributed by atoms with Crippen LogP contribution in [0.5, 0.6) is 0 Å². The SMILES string of the molecule is COC(=O)C(C)(C)C(=O)Nc1ccc(C#N)cc1. The number of nitrogens with zero attached hydrogens (tertiary/aromatic N) is 1. The summed E-state index contributed by atoms with van der Waals surface area (Å²) in [7, 11) is 1.24. The van der Waals surface area contributed by atoms with Crippen molar-refractivity contribution in [3.63, 3.8) is 0 Å². The third kappa shape index (κ3) is 2.86. The number of anilines is 1. The van der Waals surface area contributed by atoms with Gasteiger partial charge in [-0.05, 0) is 38.1 Å². The van der Waals surface area contributed by atoms with Crippen molar-refractivity contribution in [3.05, 3.63) is 29.8 Å². The molecular weight excluding hydrogens is 232 g/mol. The summed E-state index contributed by atoms with van der Waals surface area (Å²) in [5, 5.41) is 11.2. The van der Waals surface area contributed by atoms with E-state index in [9.17, 15) is 9.59 Å². The second kappa shape index (κ2) is 5.32. The van der Waals surface area contributed by atoms with Gasteiger partial charge in [0.2, 0.25) is 5.91 Å². The summed E-state index contributed by atoms with van der Waals surface area (Å²) in [6.45, 7) is 2.97. The molecule has 0 atom stereocenters. The van der Waals surface area contributed by atoms with E-state index in [1.54, 1.807) is 24.3 Å². The molecule has 0 radical (unpaired) electrons. The Hall–Kier alpha value is -2.35. The highest BCUT2D eigenvalue weighted by Gasteiger charge is 2.37. The summed E-state index contributed by atoms with van der Waals surface area (Å²) in [5.41, 5.74) is -0.237. The first-order valence-electron chi connectivity index (χ1n) is 5.32. The van der Waals surface area contributed by atoms with E-state index >= 15 is 0 Å². The van der Waals surface area contributed by atoms with Crippen molar-refractivity contribution >= 4 is 17.6 Å². The van der Waals surface area contributed by atoms with Crippen LogP contribution in [0.25, 0.3) is 0 Å². The molecular formula is C13H14N2O3. The number of carbonyl (C=O) groups excluding carboxylic acids is 2. The van der Waals surface area contributed by atoms with E-state index in [1.807, 2.05) is 6.07 Å². The van der Waals surface area contributed by atoms with Gasteiger partial charge in [0.05, 0.1) is 18.7 Å². The van der Waals surface area contributed by atoms with E-state index in [1.165, 1.54) is 21.0 Å². The molecule has 18 heavy (non-hydrogen) atoms. The van der Waals surface area contributed by atoms with Gasteiger partial charge in [-0.25, -0.2) is 0 Å². The molecule has 0 saturated carbocycles. The molecule has 94 valence electrons. The van der Waals surface area contributed by atoms with Crippen LogP contribution < -0.4 is 5.32 Å². The minimum absolute atomic E-state index is 0.459. The van der Waals surface area contributed by atoms with E-state index < -0.39 is 17.3 Å². The summed E-state index contributed by atoms with van der Waals surface area (Å²) in [6.07, 6.45) is 0. The molecule has 0 saturated heterocycles. The zero-order valence-electron chi connectivity index (χ0n) is 10.5. The quantitative estimate of drug-likeness (QED) is 0.650. The molecule has 1 aromatic rings. The first kappa shape index (κ1) is 13.7. The smallest absolute Gasteiger partial charge is 0.320 e. The standard InChI is InChI=1S/C13H14N2O3/c1-13(2,12(17)18-3)11(16)15-10-6-4-9(8-14)5-7-10/h4-7H,1-3H3,(H,15,16). The number of nitrogens with one attached hydrogen (secondary N) is 1. The van der Waals surface area contributed by atoms with Crippen molar-refractivity contribution < 1.29 is 14.3 Å². The maximum absolute atomic E-state index is 11.9. The van der Waals surface area contributed by atoms with Crippen LogP contribution in [-0.4, -0.2) is 19.0 Å². The Kier molecular flexibility index (Phi) is 4.05. The molecule has 1 aromatic carbocycles. The fraction of sp³-hybridized carbons (Fsp3) is 0.308. The number of esters is 1. The van der Waals surface area contributed by atoms with Crippen LogP contribution in [0.2, 0.25) is 0 Å². The van der Waals surface area contributed by atoms with E-state index in [4.69, 9.17) is 5.26 Å². The molecule has 0 aliphatic rings. The van der Waals surface area contributed by atoms with E-state index in [2.05, 4.69) is 10.1 Å². The Morgan fingerprint density at radius 2 is 1.83 bits per heavy atom. The lowest BCUT2D eigenvalue weighted by molar-refractivity contribution is -0.154. The Balaban J connectivity index is 2.81. The van der Waals surface area contributed by atoms with Crippen molar-refractivity contribution in [2.24, 2.45) is 5.41 Å². The largest absolute Gasteiger partial charge is 0.468 e. The molecule has 1 amide bonds. The monoisotopic (exact) mass is 246 g/mol. The molecule has 0 aliphatic carbocycles. The third-order valence-electron chi connectivity index (χ3n) is 2.54. The van der Waals surface area contributed by atoms with Crippen molar-refractivity contribution in [2.45, 2.75) is 13.8 Å². The van der Waals surface area contributed by atoms with Crippen LogP contribution in [0.1, 0.15) is 19.4 Å². The molecule has 0 unspecified atom stereocenters. The van der Waals surface area contributed by atoms with Gasteiger partial charge < -0.3 is 10.1 Å².